The van der Waals surface area contributed by atoms with Gasteiger partial charge in [0.2, 0.25) is 0 Å². The van der Waals surface area contributed by atoms with E-state index in [0.29, 0.717) is 24.5 Å². The number of alkyl halides is 5. The van der Waals surface area contributed by atoms with E-state index in [2.05, 4.69) is 15.0 Å². The van der Waals surface area contributed by atoms with Crippen molar-refractivity contribution < 1.29 is 31.5 Å². The summed E-state index contributed by atoms with van der Waals surface area (Å²) >= 11 is 0. The molecule has 1 saturated heterocycles. The molecule has 2 amide bonds. The van der Waals surface area contributed by atoms with Crippen molar-refractivity contribution in [1.29, 1.82) is 0 Å². The van der Waals surface area contributed by atoms with Gasteiger partial charge >= 0.3 is 18.8 Å². The van der Waals surface area contributed by atoms with E-state index in [1.807, 2.05) is 0 Å². The van der Waals surface area contributed by atoms with Crippen LogP contribution in [-0.2, 0) is 6.18 Å². The Hall–Kier alpha value is -3.11. The molecule has 1 fully saturated rings. The molecule has 0 unspecified atom stereocenters. The molecule has 2 aromatic rings. The number of carbonyl (C=O) groups is 1. The number of benzene rings is 1. The molecule has 1 aromatic carbocycles. The Kier molecular flexibility index (Phi) is 6.28. The van der Waals surface area contributed by atoms with Crippen molar-refractivity contribution in [3.05, 3.63) is 47.7 Å². The molecule has 1 aliphatic rings. The summed E-state index contributed by atoms with van der Waals surface area (Å²) in [7, 11) is 0. The van der Waals surface area contributed by atoms with E-state index >= 15 is 0 Å². The molecule has 6 nitrogen and oxygen atoms in total. The molecule has 0 atom stereocenters. The van der Waals surface area contributed by atoms with Crippen molar-refractivity contribution in [1.82, 2.24) is 9.88 Å². The average Bonchev–Trinajstić information content (AvgIpc) is 2.70. The van der Waals surface area contributed by atoms with Crippen molar-refractivity contribution in [3.63, 3.8) is 0 Å². The molecule has 0 radical (unpaired) electrons. The van der Waals surface area contributed by atoms with Gasteiger partial charge in [-0.05, 0) is 30.7 Å². The first-order valence-corrected chi connectivity index (χ1v) is 9.03. The molecule has 3 rings (SSSR count). The molecular formula is C19H19F5N4O2. The number of urea groups is 1. The summed E-state index contributed by atoms with van der Waals surface area (Å²) in [5.41, 5.74) is -0.104. The topological polar surface area (TPSA) is 57.7 Å². The Morgan fingerprint density at radius 1 is 1.13 bits per heavy atom. The zero-order chi connectivity index (χ0) is 21.9. The molecule has 0 aliphatic carbocycles. The van der Waals surface area contributed by atoms with Crippen LogP contribution in [0.25, 0.3) is 0 Å². The summed E-state index contributed by atoms with van der Waals surface area (Å²) in [6.07, 6.45) is -3.68. The van der Waals surface area contributed by atoms with E-state index in [1.165, 1.54) is 17.0 Å². The number of piperazine rings is 1. The van der Waals surface area contributed by atoms with Gasteiger partial charge in [0.15, 0.2) is 0 Å². The van der Waals surface area contributed by atoms with Crippen LogP contribution >= 0.6 is 0 Å². The fraction of sp³-hybridized carbons (Fsp3) is 0.368. The lowest BCUT2D eigenvalue weighted by molar-refractivity contribution is -0.137. The van der Waals surface area contributed by atoms with E-state index in [1.54, 1.807) is 24.0 Å². The lowest BCUT2D eigenvalue weighted by atomic mass is 10.2. The van der Waals surface area contributed by atoms with Gasteiger partial charge in [-0.15, -0.1) is 0 Å². The van der Waals surface area contributed by atoms with E-state index in [-0.39, 0.29) is 24.5 Å². The van der Waals surface area contributed by atoms with Crippen molar-refractivity contribution in [2.75, 3.05) is 36.4 Å². The molecule has 11 heteroatoms. The monoisotopic (exact) mass is 430 g/mol. The van der Waals surface area contributed by atoms with Crippen LogP contribution in [0.15, 0.2) is 36.5 Å². The van der Waals surface area contributed by atoms with E-state index in [4.69, 9.17) is 0 Å². The molecule has 0 saturated carbocycles. The van der Waals surface area contributed by atoms with Crippen LogP contribution in [-0.4, -0.2) is 48.7 Å². The highest BCUT2D eigenvalue weighted by Gasteiger charge is 2.31. The van der Waals surface area contributed by atoms with Gasteiger partial charge in [0.1, 0.15) is 11.6 Å². The number of carbonyl (C=O) groups excluding carboxylic acids is 1. The number of nitrogens with one attached hydrogen (secondary N) is 1. The van der Waals surface area contributed by atoms with E-state index in [0.717, 1.165) is 12.3 Å². The molecule has 1 aromatic heterocycles. The highest BCUT2D eigenvalue weighted by Crippen LogP contribution is 2.31. The lowest BCUT2D eigenvalue weighted by Gasteiger charge is -2.35. The number of nitrogens with zero attached hydrogens (tertiary/aromatic N) is 3. The molecule has 0 spiro atoms. The minimum absolute atomic E-state index is 0.133. The Morgan fingerprint density at radius 3 is 2.40 bits per heavy atom. The number of ether oxygens (including phenoxy) is 1. The third kappa shape index (κ3) is 5.08. The van der Waals surface area contributed by atoms with Gasteiger partial charge in [-0.3, -0.25) is 0 Å². The quantitative estimate of drug-likeness (QED) is 0.733. The van der Waals surface area contributed by atoms with Crippen LogP contribution in [0.1, 0.15) is 11.1 Å². The van der Waals surface area contributed by atoms with Gasteiger partial charge in [-0.2, -0.15) is 22.0 Å². The Labute approximate surface area is 169 Å². The van der Waals surface area contributed by atoms with Crippen LogP contribution < -0.4 is 15.0 Å². The average molecular weight is 430 g/mol. The number of rotatable bonds is 4. The molecule has 30 heavy (non-hydrogen) atoms. The third-order valence-corrected chi connectivity index (χ3v) is 4.65. The first-order valence-electron chi connectivity index (χ1n) is 9.03. The highest BCUT2D eigenvalue weighted by molar-refractivity contribution is 5.92. The Morgan fingerprint density at radius 2 is 1.83 bits per heavy atom. The normalized spacial score (nSPS) is 14.8. The number of hydrogen-bond donors (Lipinski definition) is 1. The summed E-state index contributed by atoms with van der Waals surface area (Å²) in [6.45, 7) is -0.0823. The fourth-order valence-corrected chi connectivity index (χ4v) is 3.06. The number of aryl methyl sites for hydroxylation is 1. The minimum Gasteiger partial charge on any atom is -0.433 e. The smallest absolute Gasteiger partial charge is 0.417 e. The second-order valence-electron chi connectivity index (χ2n) is 6.63. The largest absolute Gasteiger partial charge is 0.433 e. The van der Waals surface area contributed by atoms with Crippen molar-refractivity contribution in [2.24, 2.45) is 0 Å². The molecule has 1 N–H and O–H groups in total. The first kappa shape index (κ1) is 21.6. The maximum Gasteiger partial charge on any atom is 0.417 e. The number of para-hydroxylation sites is 1. The van der Waals surface area contributed by atoms with Crippen LogP contribution in [0.2, 0.25) is 0 Å². The summed E-state index contributed by atoms with van der Waals surface area (Å²) in [6, 6.07) is 6.30. The number of amides is 2. The van der Waals surface area contributed by atoms with Gasteiger partial charge in [0.05, 0.1) is 11.3 Å². The number of anilines is 2. The highest BCUT2D eigenvalue weighted by atomic mass is 19.4. The summed E-state index contributed by atoms with van der Waals surface area (Å²) in [5, 5.41) is 2.60. The van der Waals surface area contributed by atoms with Crippen molar-refractivity contribution in [3.8, 4) is 5.75 Å². The third-order valence-electron chi connectivity index (χ3n) is 4.65. The molecule has 162 valence electrons. The summed E-state index contributed by atoms with van der Waals surface area (Å²) in [5.74, 6) is 0.250. The maximum absolute atomic E-state index is 12.7. The van der Waals surface area contributed by atoms with Crippen LogP contribution in [0.3, 0.4) is 0 Å². The van der Waals surface area contributed by atoms with E-state index < -0.39 is 24.4 Å². The van der Waals surface area contributed by atoms with Crippen LogP contribution in [0.4, 0.5) is 38.3 Å². The van der Waals surface area contributed by atoms with Gasteiger partial charge in [-0.25, -0.2) is 9.78 Å². The maximum atomic E-state index is 12.7. The zero-order valence-corrected chi connectivity index (χ0v) is 15.9. The first-order chi connectivity index (χ1) is 14.1. The Balaban J connectivity index is 1.61. The standard InChI is InChI=1S/C19H19F5N4O2/c1-12-3-2-4-14(30-17(20)21)16(12)26-18(29)28-9-7-27(8-10-28)15-6-5-13(11-25-15)19(22,23)24/h2-6,11,17H,7-10H2,1H3,(H,26,29). The fourth-order valence-electron chi connectivity index (χ4n) is 3.06. The zero-order valence-electron chi connectivity index (χ0n) is 15.9. The predicted octanol–water partition coefficient (Wildman–Crippen LogP) is 4.36. The molecule has 0 bridgehead atoms. The number of aromatic nitrogens is 1. The molecule has 1 aliphatic heterocycles. The Bertz CT molecular complexity index is 881. The number of hydrogen-bond acceptors (Lipinski definition) is 4. The number of halogens is 5. The number of pyridine rings is 1. The van der Waals surface area contributed by atoms with Gasteiger partial charge < -0.3 is 19.9 Å². The van der Waals surface area contributed by atoms with Crippen LogP contribution in [0, 0.1) is 6.92 Å². The van der Waals surface area contributed by atoms with Crippen molar-refractivity contribution >= 4 is 17.5 Å². The second kappa shape index (κ2) is 8.72. The van der Waals surface area contributed by atoms with Gasteiger partial charge in [0, 0.05) is 32.4 Å². The van der Waals surface area contributed by atoms with E-state index in [9.17, 15) is 26.7 Å². The summed E-state index contributed by atoms with van der Waals surface area (Å²) in [4.78, 5) is 19.7. The van der Waals surface area contributed by atoms with Crippen LogP contribution in [0.5, 0.6) is 5.75 Å². The van der Waals surface area contributed by atoms with Gasteiger partial charge in [-0.1, -0.05) is 12.1 Å². The molecule has 2 heterocycles. The molecular weight excluding hydrogens is 411 g/mol. The summed E-state index contributed by atoms with van der Waals surface area (Å²) < 4.78 is 67.6. The second-order valence-corrected chi connectivity index (χ2v) is 6.63. The minimum atomic E-state index is -4.45. The predicted molar refractivity (Wildman–Crippen MR) is 99.9 cm³/mol. The SMILES string of the molecule is Cc1cccc(OC(F)F)c1NC(=O)N1CCN(c2ccc(C(F)(F)F)cn2)CC1. The van der Waals surface area contributed by atoms with Gasteiger partial charge in [0.25, 0.3) is 0 Å². The lowest BCUT2D eigenvalue weighted by Crippen LogP contribution is -2.50. The van der Waals surface area contributed by atoms with Crippen molar-refractivity contribution in [2.45, 2.75) is 19.7 Å².